The monoisotopic (exact) mass is 222 g/mol. The van der Waals surface area contributed by atoms with Crippen LogP contribution in [0.5, 0.6) is 0 Å². The molecule has 5 unspecified atom stereocenters. The van der Waals surface area contributed by atoms with E-state index in [0.717, 1.165) is 18.3 Å². The van der Waals surface area contributed by atoms with Crippen molar-refractivity contribution in [2.45, 2.75) is 65.4 Å². The van der Waals surface area contributed by atoms with Gasteiger partial charge >= 0.3 is 0 Å². The van der Waals surface area contributed by atoms with Gasteiger partial charge in [0.2, 0.25) is 0 Å². The lowest BCUT2D eigenvalue weighted by Gasteiger charge is -2.56. The highest BCUT2D eigenvalue weighted by Gasteiger charge is 2.69. The van der Waals surface area contributed by atoms with E-state index in [4.69, 9.17) is 0 Å². The van der Waals surface area contributed by atoms with Crippen molar-refractivity contribution in [2.75, 3.05) is 0 Å². The third-order valence-electron chi connectivity index (χ3n) is 6.42. The molecule has 3 saturated carbocycles. The van der Waals surface area contributed by atoms with Gasteiger partial charge in [0, 0.05) is 0 Å². The zero-order chi connectivity index (χ0) is 11.8. The minimum Gasteiger partial charge on any atom is -0.389 e. The first-order valence-electron chi connectivity index (χ1n) is 7.03. The van der Waals surface area contributed by atoms with Crippen molar-refractivity contribution in [3.63, 3.8) is 0 Å². The number of rotatable bonds is 0. The summed E-state index contributed by atoms with van der Waals surface area (Å²) in [6, 6.07) is 0. The number of aliphatic hydroxyl groups is 1. The SMILES string of the molecule is CC1CCC2(O)C3C1CCC2(C)CC3(C)C. The van der Waals surface area contributed by atoms with Gasteiger partial charge in [-0.05, 0) is 60.7 Å². The predicted molar refractivity (Wildman–Crippen MR) is 66.1 cm³/mol. The lowest BCUT2D eigenvalue weighted by atomic mass is 9.52. The van der Waals surface area contributed by atoms with Gasteiger partial charge in [0.25, 0.3) is 0 Å². The van der Waals surface area contributed by atoms with Crippen LogP contribution in [0.2, 0.25) is 0 Å². The van der Waals surface area contributed by atoms with E-state index in [1.165, 1.54) is 25.7 Å². The Morgan fingerprint density at radius 3 is 2.44 bits per heavy atom. The first-order chi connectivity index (χ1) is 7.30. The molecule has 1 nitrogen and oxygen atoms in total. The zero-order valence-electron chi connectivity index (χ0n) is 11.2. The maximum absolute atomic E-state index is 11.2. The third kappa shape index (κ3) is 1.06. The molecule has 0 aliphatic heterocycles. The molecule has 3 aliphatic rings. The second kappa shape index (κ2) is 2.85. The van der Waals surface area contributed by atoms with Crippen LogP contribution in [0.3, 0.4) is 0 Å². The van der Waals surface area contributed by atoms with Crippen LogP contribution in [-0.4, -0.2) is 10.7 Å². The molecule has 0 amide bonds. The van der Waals surface area contributed by atoms with Crippen molar-refractivity contribution in [3.8, 4) is 0 Å². The molecular formula is C15H26O. The minimum atomic E-state index is -0.341. The van der Waals surface area contributed by atoms with Gasteiger partial charge < -0.3 is 5.11 Å². The molecule has 0 aromatic rings. The Bertz CT molecular complexity index is 321. The van der Waals surface area contributed by atoms with Gasteiger partial charge in [0.15, 0.2) is 0 Å². The van der Waals surface area contributed by atoms with Crippen molar-refractivity contribution in [3.05, 3.63) is 0 Å². The van der Waals surface area contributed by atoms with Gasteiger partial charge in [0.05, 0.1) is 5.60 Å². The lowest BCUT2D eigenvalue weighted by molar-refractivity contribution is -0.174. The second-order valence-electron chi connectivity index (χ2n) is 7.85. The summed E-state index contributed by atoms with van der Waals surface area (Å²) in [5, 5.41) is 11.2. The fourth-order valence-electron chi connectivity index (χ4n) is 5.91. The average molecular weight is 222 g/mol. The lowest BCUT2D eigenvalue weighted by Crippen LogP contribution is -2.57. The van der Waals surface area contributed by atoms with E-state index in [9.17, 15) is 5.11 Å². The molecule has 5 atom stereocenters. The van der Waals surface area contributed by atoms with Crippen molar-refractivity contribution in [1.82, 2.24) is 0 Å². The Kier molecular flexibility index (Phi) is 1.98. The Labute approximate surface area is 99.6 Å². The fraction of sp³-hybridized carbons (Fsp3) is 1.00. The van der Waals surface area contributed by atoms with Crippen molar-refractivity contribution >= 4 is 0 Å². The maximum Gasteiger partial charge on any atom is 0.0737 e. The molecule has 3 rings (SSSR count). The first kappa shape index (κ1) is 11.1. The van der Waals surface area contributed by atoms with Gasteiger partial charge in [-0.15, -0.1) is 0 Å². The summed E-state index contributed by atoms with van der Waals surface area (Å²) in [5.41, 5.74) is 0.211. The molecule has 0 saturated heterocycles. The van der Waals surface area contributed by atoms with Gasteiger partial charge in [-0.2, -0.15) is 0 Å². The summed E-state index contributed by atoms with van der Waals surface area (Å²) in [7, 11) is 0. The molecule has 0 radical (unpaired) electrons. The predicted octanol–water partition coefficient (Wildman–Crippen LogP) is 3.61. The summed E-state index contributed by atoms with van der Waals surface area (Å²) in [4.78, 5) is 0. The van der Waals surface area contributed by atoms with Crippen LogP contribution in [0, 0.1) is 28.6 Å². The molecule has 92 valence electrons. The Balaban J connectivity index is 2.11. The van der Waals surface area contributed by atoms with Crippen LogP contribution in [0.15, 0.2) is 0 Å². The third-order valence-corrected chi connectivity index (χ3v) is 6.42. The van der Waals surface area contributed by atoms with Gasteiger partial charge in [0.1, 0.15) is 0 Å². The molecular weight excluding hydrogens is 196 g/mol. The molecule has 1 heteroatoms. The van der Waals surface area contributed by atoms with E-state index in [1.807, 2.05) is 0 Å². The summed E-state index contributed by atoms with van der Waals surface area (Å²) in [5.74, 6) is 2.17. The highest BCUT2D eigenvalue weighted by atomic mass is 16.3. The largest absolute Gasteiger partial charge is 0.389 e. The van der Waals surface area contributed by atoms with E-state index >= 15 is 0 Å². The van der Waals surface area contributed by atoms with Crippen LogP contribution >= 0.6 is 0 Å². The quantitative estimate of drug-likeness (QED) is 0.664. The average Bonchev–Trinajstić information content (AvgIpc) is 2.28. The highest BCUT2D eigenvalue weighted by molar-refractivity contribution is 5.19. The van der Waals surface area contributed by atoms with E-state index < -0.39 is 0 Å². The highest BCUT2D eigenvalue weighted by Crippen LogP contribution is 2.71. The van der Waals surface area contributed by atoms with Crippen LogP contribution in [0.25, 0.3) is 0 Å². The van der Waals surface area contributed by atoms with E-state index in [2.05, 4.69) is 27.7 Å². The van der Waals surface area contributed by atoms with E-state index in [0.29, 0.717) is 11.3 Å². The fourth-order valence-corrected chi connectivity index (χ4v) is 5.91. The molecule has 1 N–H and O–H groups in total. The second-order valence-corrected chi connectivity index (χ2v) is 7.85. The molecule has 16 heavy (non-hydrogen) atoms. The Hall–Kier alpha value is -0.0400. The smallest absolute Gasteiger partial charge is 0.0737 e. The normalized spacial score (nSPS) is 58.7. The molecule has 0 heterocycles. The Morgan fingerprint density at radius 1 is 1.06 bits per heavy atom. The minimum absolute atomic E-state index is 0.206. The van der Waals surface area contributed by atoms with Crippen molar-refractivity contribution in [2.24, 2.45) is 28.6 Å². The summed E-state index contributed by atoms with van der Waals surface area (Å²) in [6.45, 7) is 9.54. The topological polar surface area (TPSA) is 20.2 Å². The summed E-state index contributed by atoms with van der Waals surface area (Å²) < 4.78 is 0. The molecule has 0 aromatic heterocycles. The molecule has 3 aliphatic carbocycles. The van der Waals surface area contributed by atoms with Crippen LogP contribution in [0.4, 0.5) is 0 Å². The molecule has 0 aromatic carbocycles. The summed E-state index contributed by atoms with van der Waals surface area (Å²) in [6.07, 6.45) is 6.12. The standard InChI is InChI=1S/C15H26O/c1-10-5-8-15(16)12-11(10)6-7-14(15,4)9-13(12,2)3/h10-12,16H,5-9H2,1-4H3. The summed E-state index contributed by atoms with van der Waals surface area (Å²) >= 11 is 0. The van der Waals surface area contributed by atoms with Crippen molar-refractivity contribution in [1.29, 1.82) is 0 Å². The van der Waals surface area contributed by atoms with Crippen LogP contribution in [-0.2, 0) is 0 Å². The number of hydrogen-bond donors (Lipinski definition) is 1. The first-order valence-corrected chi connectivity index (χ1v) is 7.03. The van der Waals surface area contributed by atoms with Gasteiger partial charge in [-0.25, -0.2) is 0 Å². The zero-order valence-corrected chi connectivity index (χ0v) is 11.2. The molecule has 0 spiro atoms. The molecule has 4 bridgehead atoms. The Morgan fingerprint density at radius 2 is 1.75 bits per heavy atom. The number of hydrogen-bond acceptors (Lipinski definition) is 1. The maximum atomic E-state index is 11.2. The van der Waals surface area contributed by atoms with Gasteiger partial charge in [-0.3, -0.25) is 0 Å². The van der Waals surface area contributed by atoms with Gasteiger partial charge in [-0.1, -0.05) is 27.7 Å². The van der Waals surface area contributed by atoms with E-state index in [-0.39, 0.29) is 11.0 Å². The van der Waals surface area contributed by atoms with Crippen LogP contribution in [0.1, 0.15) is 59.8 Å². The van der Waals surface area contributed by atoms with E-state index in [1.54, 1.807) is 0 Å². The van der Waals surface area contributed by atoms with Crippen LogP contribution < -0.4 is 0 Å². The van der Waals surface area contributed by atoms with Crippen molar-refractivity contribution < 1.29 is 5.11 Å². The molecule has 3 fully saturated rings.